The van der Waals surface area contributed by atoms with Crippen LogP contribution >= 0.6 is 11.6 Å². The number of carbonyl (C=O) groups excluding carboxylic acids is 1. The van der Waals surface area contributed by atoms with Crippen molar-refractivity contribution >= 4 is 33.2 Å². The van der Waals surface area contributed by atoms with Crippen LogP contribution in [0.2, 0.25) is 5.02 Å². The van der Waals surface area contributed by atoms with Crippen molar-refractivity contribution < 1.29 is 17.9 Å². The predicted molar refractivity (Wildman–Crippen MR) is 123 cm³/mol. The number of ether oxygens (including phenoxy) is 1. The molecular formula is C22H28ClN3O4S. The SMILES string of the molecule is Cc1ccccc1N(CC(=O)N1CCN(CCOc2ccccc2Cl)CC1)S(C)(=O)=O. The van der Waals surface area contributed by atoms with Crippen molar-refractivity contribution in [3.8, 4) is 5.75 Å². The summed E-state index contributed by atoms with van der Waals surface area (Å²) in [5.41, 5.74) is 1.35. The van der Waals surface area contributed by atoms with Gasteiger partial charge in [-0.25, -0.2) is 8.42 Å². The Morgan fingerprint density at radius 2 is 1.71 bits per heavy atom. The van der Waals surface area contributed by atoms with E-state index in [1.54, 1.807) is 23.1 Å². The fraction of sp³-hybridized carbons (Fsp3) is 0.409. The summed E-state index contributed by atoms with van der Waals surface area (Å²) in [4.78, 5) is 16.8. The number of aryl methyl sites for hydroxylation is 1. The number of benzene rings is 2. The molecule has 2 aromatic carbocycles. The molecule has 9 heteroatoms. The van der Waals surface area contributed by atoms with E-state index in [0.29, 0.717) is 49.2 Å². The van der Waals surface area contributed by atoms with Crippen LogP contribution in [0.25, 0.3) is 0 Å². The molecular weight excluding hydrogens is 438 g/mol. The quantitative estimate of drug-likeness (QED) is 0.599. The van der Waals surface area contributed by atoms with E-state index < -0.39 is 10.0 Å². The van der Waals surface area contributed by atoms with Gasteiger partial charge in [0.1, 0.15) is 18.9 Å². The van der Waals surface area contributed by atoms with Crippen molar-refractivity contribution in [3.63, 3.8) is 0 Å². The van der Waals surface area contributed by atoms with Gasteiger partial charge in [0, 0.05) is 32.7 Å². The van der Waals surface area contributed by atoms with E-state index in [9.17, 15) is 13.2 Å². The van der Waals surface area contributed by atoms with E-state index in [1.807, 2.05) is 37.3 Å². The van der Waals surface area contributed by atoms with Crippen molar-refractivity contribution in [2.75, 3.05) is 56.4 Å². The second-order valence-electron chi connectivity index (χ2n) is 7.56. The van der Waals surface area contributed by atoms with Crippen LogP contribution in [-0.2, 0) is 14.8 Å². The molecule has 1 amide bonds. The van der Waals surface area contributed by atoms with Crippen LogP contribution in [-0.4, -0.2) is 76.3 Å². The smallest absolute Gasteiger partial charge is 0.243 e. The summed E-state index contributed by atoms with van der Waals surface area (Å²) < 4.78 is 31.6. The Bertz CT molecular complexity index is 1010. The van der Waals surface area contributed by atoms with Crippen molar-refractivity contribution in [1.29, 1.82) is 0 Å². The van der Waals surface area contributed by atoms with Crippen molar-refractivity contribution in [2.45, 2.75) is 6.92 Å². The zero-order valence-corrected chi connectivity index (χ0v) is 19.4. The Labute approximate surface area is 189 Å². The van der Waals surface area contributed by atoms with E-state index in [2.05, 4.69) is 4.90 Å². The lowest BCUT2D eigenvalue weighted by Crippen LogP contribution is -2.52. The minimum atomic E-state index is -3.58. The fourth-order valence-corrected chi connectivity index (χ4v) is 4.61. The average Bonchev–Trinajstić information content (AvgIpc) is 2.73. The first-order valence-corrected chi connectivity index (χ1v) is 12.4. The van der Waals surface area contributed by atoms with Gasteiger partial charge in [-0.15, -0.1) is 0 Å². The second kappa shape index (κ2) is 10.3. The molecule has 0 unspecified atom stereocenters. The number of hydrogen-bond acceptors (Lipinski definition) is 5. The zero-order chi connectivity index (χ0) is 22.4. The maximum absolute atomic E-state index is 12.8. The minimum absolute atomic E-state index is 0.194. The fourth-order valence-electron chi connectivity index (χ4n) is 3.51. The molecule has 3 rings (SSSR count). The molecule has 168 valence electrons. The molecule has 1 aliphatic rings. The highest BCUT2D eigenvalue weighted by Gasteiger charge is 2.27. The Hall–Kier alpha value is -2.29. The van der Waals surface area contributed by atoms with Gasteiger partial charge in [0.05, 0.1) is 17.0 Å². The van der Waals surface area contributed by atoms with Gasteiger partial charge in [0.2, 0.25) is 15.9 Å². The highest BCUT2D eigenvalue weighted by Crippen LogP contribution is 2.23. The highest BCUT2D eigenvalue weighted by molar-refractivity contribution is 7.92. The number of carbonyl (C=O) groups is 1. The van der Waals surface area contributed by atoms with Crippen LogP contribution in [0.15, 0.2) is 48.5 Å². The van der Waals surface area contributed by atoms with E-state index >= 15 is 0 Å². The number of para-hydroxylation sites is 2. The van der Waals surface area contributed by atoms with E-state index in [0.717, 1.165) is 18.4 Å². The first-order chi connectivity index (χ1) is 14.8. The number of hydrogen-bond donors (Lipinski definition) is 0. The number of nitrogens with zero attached hydrogens (tertiary/aromatic N) is 3. The molecule has 0 aliphatic carbocycles. The van der Waals surface area contributed by atoms with Crippen LogP contribution < -0.4 is 9.04 Å². The Kier molecular flexibility index (Phi) is 7.80. The largest absolute Gasteiger partial charge is 0.491 e. The third-order valence-electron chi connectivity index (χ3n) is 5.29. The lowest BCUT2D eigenvalue weighted by molar-refractivity contribution is -0.131. The van der Waals surface area contributed by atoms with Crippen molar-refractivity contribution in [2.24, 2.45) is 0 Å². The third kappa shape index (κ3) is 6.35. The topological polar surface area (TPSA) is 70.2 Å². The first-order valence-electron chi connectivity index (χ1n) is 10.2. The Morgan fingerprint density at radius 1 is 1.06 bits per heavy atom. The average molecular weight is 466 g/mol. The zero-order valence-electron chi connectivity index (χ0n) is 17.8. The van der Waals surface area contributed by atoms with E-state index in [-0.39, 0.29) is 12.5 Å². The maximum atomic E-state index is 12.8. The molecule has 31 heavy (non-hydrogen) atoms. The number of halogens is 1. The Morgan fingerprint density at radius 3 is 2.35 bits per heavy atom. The lowest BCUT2D eigenvalue weighted by atomic mass is 10.2. The van der Waals surface area contributed by atoms with E-state index in [4.69, 9.17) is 16.3 Å². The summed E-state index contributed by atoms with van der Waals surface area (Å²) in [7, 11) is -3.58. The predicted octanol–water partition coefficient (Wildman–Crippen LogP) is 2.64. The lowest BCUT2D eigenvalue weighted by Gasteiger charge is -2.35. The molecule has 0 radical (unpaired) electrons. The minimum Gasteiger partial charge on any atom is -0.491 e. The monoisotopic (exact) mass is 465 g/mol. The van der Waals surface area contributed by atoms with Gasteiger partial charge in [0.15, 0.2) is 0 Å². The number of rotatable bonds is 8. The van der Waals surface area contributed by atoms with Gasteiger partial charge in [-0.3, -0.25) is 14.0 Å². The van der Waals surface area contributed by atoms with Gasteiger partial charge in [-0.1, -0.05) is 41.9 Å². The molecule has 2 aromatic rings. The number of piperazine rings is 1. The highest BCUT2D eigenvalue weighted by atomic mass is 35.5. The molecule has 0 bridgehead atoms. The molecule has 0 aromatic heterocycles. The van der Waals surface area contributed by atoms with Crippen molar-refractivity contribution in [1.82, 2.24) is 9.80 Å². The summed E-state index contributed by atoms with van der Waals surface area (Å²) in [6, 6.07) is 14.5. The molecule has 1 heterocycles. The molecule has 0 atom stereocenters. The van der Waals surface area contributed by atoms with Gasteiger partial charge in [0.25, 0.3) is 0 Å². The molecule has 7 nitrogen and oxygen atoms in total. The van der Waals surface area contributed by atoms with Crippen LogP contribution in [0.1, 0.15) is 5.56 Å². The van der Waals surface area contributed by atoms with Gasteiger partial charge in [-0.05, 0) is 30.7 Å². The van der Waals surface area contributed by atoms with Gasteiger partial charge < -0.3 is 9.64 Å². The summed E-state index contributed by atoms with van der Waals surface area (Å²) in [5.74, 6) is 0.468. The third-order valence-corrected chi connectivity index (χ3v) is 6.73. The maximum Gasteiger partial charge on any atom is 0.243 e. The summed E-state index contributed by atoms with van der Waals surface area (Å²) in [6.45, 7) is 5.40. The number of sulfonamides is 1. The molecule has 1 fully saturated rings. The van der Waals surface area contributed by atoms with Crippen LogP contribution in [0, 0.1) is 6.92 Å². The first kappa shape index (κ1) is 23.4. The second-order valence-corrected chi connectivity index (χ2v) is 9.87. The summed E-state index contributed by atoms with van der Waals surface area (Å²) >= 11 is 6.10. The number of anilines is 1. The molecule has 0 spiro atoms. The number of amides is 1. The standard InChI is InChI=1S/C22H28ClN3O4S/c1-18-7-3-5-9-20(18)26(31(2,28)29)17-22(27)25-13-11-24(12-14-25)15-16-30-21-10-6-4-8-19(21)23/h3-10H,11-17H2,1-2H3. The molecule has 0 N–H and O–H groups in total. The molecule has 0 saturated carbocycles. The van der Waals surface area contributed by atoms with Crippen molar-refractivity contribution in [3.05, 3.63) is 59.1 Å². The van der Waals surface area contributed by atoms with Gasteiger partial charge >= 0.3 is 0 Å². The van der Waals surface area contributed by atoms with Crippen LogP contribution in [0.5, 0.6) is 5.75 Å². The normalized spacial score (nSPS) is 15.0. The summed E-state index contributed by atoms with van der Waals surface area (Å²) in [5, 5.41) is 0.585. The molecule has 1 aliphatic heterocycles. The Balaban J connectivity index is 1.51. The van der Waals surface area contributed by atoms with Gasteiger partial charge in [-0.2, -0.15) is 0 Å². The van der Waals surface area contributed by atoms with E-state index in [1.165, 1.54) is 4.31 Å². The molecule has 1 saturated heterocycles. The summed E-state index contributed by atoms with van der Waals surface area (Å²) in [6.07, 6.45) is 1.13. The van der Waals surface area contributed by atoms with Crippen LogP contribution in [0.4, 0.5) is 5.69 Å². The van der Waals surface area contributed by atoms with Crippen LogP contribution in [0.3, 0.4) is 0 Å².